The van der Waals surface area contributed by atoms with Gasteiger partial charge in [-0.2, -0.15) is 9.49 Å². The number of hydrazone groups is 1. The second-order valence-electron chi connectivity index (χ2n) is 7.42. The van der Waals surface area contributed by atoms with Crippen molar-refractivity contribution in [3.8, 4) is 0 Å². The average molecular weight is 431 g/mol. The lowest BCUT2D eigenvalue weighted by Gasteiger charge is -2.17. The van der Waals surface area contributed by atoms with E-state index in [0.717, 1.165) is 13.1 Å². The van der Waals surface area contributed by atoms with E-state index >= 15 is 0 Å². The highest BCUT2D eigenvalue weighted by molar-refractivity contribution is 6.15. The molecule has 0 heterocycles. The SMILES string of the molecule is CCCCOC(=O)C(C=NNC(C)(C)C)=C(O)c1c(F)c(C)c(F)c(F)c1[N+](=O)[O-]. The van der Waals surface area contributed by atoms with Gasteiger partial charge in [-0.05, 0) is 34.1 Å². The van der Waals surface area contributed by atoms with Crippen molar-refractivity contribution in [3.05, 3.63) is 44.3 Å². The maximum absolute atomic E-state index is 14.6. The number of hydrogen-bond donors (Lipinski definition) is 2. The van der Waals surface area contributed by atoms with E-state index in [9.17, 15) is 33.2 Å². The number of unbranched alkanes of at least 4 members (excludes halogenated alkanes) is 1. The number of nitro benzene ring substituents is 1. The molecule has 0 aliphatic carbocycles. The van der Waals surface area contributed by atoms with Crippen molar-refractivity contribution >= 4 is 23.6 Å². The molecule has 166 valence electrons. The zero-order chi connectivity index (χ0) is 23.2. The molecular formula is C19H24F3N3O5. The monoisotopic (exact) mass is 431 g/mol. The largest absolute Gasteiger partial charge is 0.506 e. The normalized spacial score (nSPS) is 12.7. The molecule has 1 rings (SSSR count). The Kier molecular flexibility index (Phi) is 8.38. The Bertz CT molecular complexity index is 893. The molecule has 1 aromatic carbocycles. The number of nitro groups is 1. The first-order chi connectivity index (χ1) is 13.8. The number of hydrogen-bond acceptors (Lipinski definition) is 7. The van der Waals surface area contributed by atoms with Gasteiger partial charge in [0.1, 0.15) is 22.7 Å². The first kappa shape index (κ1) is 24.9. The molecule has 0 saturated carbocycles. The first-order valence-electron chi connectivity index (χ1n) is 9.05. The Hall–Kier alpha value is -3.11. The molecule has 0 unspecified atom stereocenters. The average Bonchev–Trinajstić information content (AvgIpc) is 2.64. The summed E-state index contributed by atoms with van der Waals surface area (Å²) in [5, 5.41) is 25.5. The molecule has 0 atom stereocenters. The number of carbonyl (C=O) groups excluding carboxylic acids is 1. The van der Waals surface area contributed by atoms with Crippen LogP contribution in [-0.4, -0.2) is 34.4 Å². The number of carbonyl (C=O) groups is 1. The van der Waals surface area contributed by atoms with E-state index in [1.54, 1.807) is 20.8 Å². The van der Waals surface area contributed by atoms with Crippen molar-refractivity contribution in [3.63, 3.8) is 0 Å². The number of nitrogens with one attached hydrogen (secondary N) is 1. The molecule has 30 heavy (non-hydrogen) atoms. The maximum atomic E-state index is 14.6. The highest BCUT2D eigenvalue weighted by Gasteiger charge is 2.35. The molecule has 0 aromatic heterocycles. The summed E-state index contributed by atoms with van der Waals surface area (Å²) in [6.07, 6.45) is 1.94. The third-order valence-electron chi connectivity index (χ3n) is 3.73. The van der Waals surface area contributed by atoms with Crippen LogP contribution >= 0.6 is 0 Å². The number of benzene rings is 1. The fourth-order valence-corrected chi connectivity index (χ4v) is 2.18. The van der Waals surface area contributed by atoms with E-state index in [4.69, 9.17) is 4.74 Å². The quantitative estimate of drug-likeness (QED) is 0.0927. The Balaban J connectivity index is 3.73. The molecule has 0 fully saturated rings. The van der Waals surface area contributed by atoms with E-state index < -0.39 is 62.0 Å². The van der Waals surface area contributed by atoms with E-state index in [0.29, 0.717) is 12.8 Å². The van der Waals surface area contributed by atoms with Crippen LogP contribution in [0.2, 0.25) is 0 Å². The molecule has 0 bridgehead atoms. The van der Waals surface area contributed by atoms with Gasteiger partial charge in [0.05, 0.1) is 17.7 Å². The minimum absolute atomic E-state index is 0.0476. The van der Waals surface area contributed by atoms with Gasteiger partial charge in [-0.25, -0.2) is 13.6 Å². The summed E-state index contributed by atoms with van der Waals surface area (Å²) in [4.78, 5) is 22.3. The Labute approximate surface area is 171 Å². The maximum Gasteiger partial charge on any atom is 0.343 e. The van der Waals surface area contributed by atoms with Gasteiger partial charge in [0.2, 0.25) is 5.82 Å². The standard InChI is InChI=1S/C19H24F3N3O5/c1-6-7-8-30-18(27)11(9-23-24-19(3,4)5)17(26)12-13(20)10(2)14(21)15(22)16(12)25(28)29/h9,24,26H,6-8H2,1-5H3. The molecule has 0 aliphatic heterocycles. The second-order valence-corrected chi connectivity index (χ2v) is 7.42. The number of esters is 1. The molecule has 0 saturated heterocycles. The smallest absolute Gasteiger partial charge is 0.343 e. The molecule has 1 aromatic rings. The Morgan fingerprint density at radius 1 is 1.27 bits per heavy atom. The summed E-state index contributed by atoms with van der Waals surface area (Å²) in [6, 6.07) is 0. The molecule has 0 radical (unpaired) electrons. The highest BCUT2D eigenvalue weighted by atomic mass is 19.2. The van der Waals surface area contributed by atoms with Crippen molar-refractivity contribution < 1.29 is 32.7 Å². The van der Waals surface area contributed by atoms with Gasteiger partial charge < -0.3 is 15.3 Å². The zero-order valence-electron chi connectivity index (χ0n) is 17.3. The fraction of sp³-hybridized carbons (Fsp3) is 0.474. The van der Waals surface area contributed by atoms with Crippen molar-refractivity contribution in [1.29, 1.82) is 0 Å². The minimum atomic E-state index is -1.97. The molecule has 2 N–H and O–H groups in total. The van der Waals surface area contributed by atoms with Gasteiger partial charge in [-0.3, -0.25) is 10.1 Å². The van der Waals surface area contributed by atoms with Crippen LogP contribution in [0.3, 0.4) is 0 Å². The van der Waals surface area contributed by atoms with Crippen LogP contribution in [0.15, 0.2) is 10.7 Å². The van der Waals surface area contributed by atoms with Crippen LogP contribution in [0.5, 0.6) is 0 Å². The van der Waals surface area contributed by atoms with E-state index in [2.05, 4.69) is 10.5 Å². The number of rotatable bonds is 8. The third-order valence-corrected chi connectivity index (χ3v) is 3.73. The fourth-order valence-electron chi connectivity index (χ4n) is 2.18. The van der Waals surface area contributed by atoms with E-state index in [1.165, 1.54) is 0 Å². The summed E-state index contributed by atoms with van der Waals surface area (Å²) >= 11 is 0. The van der Waals surface area contributed by atoms with Crippen molar-refractivity contribution in [2.45, 2.75) is 53.0 Å². The predicted molar refractivity (Wildman–Crippen MR) is 105 cm³/mol. The van der Waals surface area contributed by atoms with Crippen LogP contribution < -0.4 is 5.43 Å². The van der Waals surface area contributed by atoms with Crippen LogP contribution in [-0.2, 0) is 9.53 Å². The number of halogens is 3. The van der Waals surface area contributed by atoms with Gasteiger partial charge in [0, 0.05) is 11.1 Å². The minimum Gasteiger partial charge on any atom is -0.506 e. The van der Waals surface area contributed by atoms with Crippen molar-refractivity contribution in [2.24, 2.45) is 5.10 Å². The first-order valence-corrected chi connectivity index (χ1v) is 9.05. The number of aliphatic hydroxyl groups excluding tert-OH is 1. The van der Waals surface area contributed by atoms with Crippen LogP contribution in [0.1, 0.15) is 51.7 Å². The van der Waals surface area contributed by atoms with E-state index in [-0.39, 0.29) is 6.61 Å². The van der Waals surface area contributed by atoms with Crippen LogP contribution in [0.4, 0.5) is 18.9 Å². The molecule has 0 aliphatic rings. The number of nitrogens with zero attached hydrogens (tertiary/aromatic N) is 2. The lowest BCUT2D eigenvalue weighted by molar-refractivity contribution is -0.388. The van der Waals surface area contributed by atoms with Gasteiger partial charge >= 0.3 is 11.7 Å². The summed E-state index contributed by atoms with van der Waals surface area (Å²) in [5.74, 6) is -7.80. The topological polar surface area (TPSA) is 114 Å². The predicted octanol–water partition coefficient (Wildman–Crippen LogP) is 4.31. The van der Waals surface area contributed by atoms with Crippen molar-refractivity contribution in [2.75, 3.05) is 6.61 Å². The van der Waals surface area contributed by atoms with Gasteiger partial charge in [-0.1, -0.05) is 13.3 Å². The highest BCUT2D eigenvalue weighted by Crippen LogP contribution is 2.35. The van der Waals surface area contributed by atoms with Gasteiger partial charge in [0.15, 0.2) is 5.82 Å². The van der Waals surface area contributed by atoms with Crippen LogP contribution in [0, 0.1) is 34.5 Å². The molecule has 8 nitrogen and oxygen atoms in total. The Morgan fingerprint density at radius 2 is 1.87 bits per heavy atom. The molecular weight excluding hydrogens is 407 g/mol. The lowest BCUT2D eigenvalue weighted by atomic mass is 10.0. The summed E-state index contributed by atoms with van der Waals surface area (Å²) < 4.78 is 47.6. The molecule has 0 amide bonds. The molecule has 0 spiro atoms. The van der Waals surface area contributed by atoms with Gasteiger partial charge in [-0.15, -0.1) is 0 Å². The summed E-state index contributed by atoms with van der Waals surface area (Å²) in [5.41, 5.74) is -2.53. The summed E-state index contributed by atoms with van der Waals surface area (Å²) in [6.45, 7) is 7.82. The zero-order valence-corrected chi connectivity index (χ0v) is 17.3. The Morgan fingerprint density at radius 3 is 2.37 bits per heavy atom. The number of aliphatic hydroxyl groups is 1. The van der Waals surface area contributed by atoms with Crippen molar-refractivity contribution in [1.82, 2.24) is 5.43 Å². The van der Waals surface area contributed by atoms with Gasteiger partial charge in [0.25, 0.3) is 0 Å². The lowest BCUT2D eigenvalue weighted by Crippen LogP contribution is -2.31. The third kappa shape index (κ3) is 5.94. The van der Waals surface area contributed by atoms with Crippen LogP contribution in [0.25, 0.3) is 5.76 Å². The van der Waals surface area contributed by atoms with E-state index in [1.807, 2.05) is 6.92 Å². The second kappa shape index (κ2) is 10.1. The number of ether oxygens (including phenoxy) is 1. The summed E-state index contributed by atoms with van der Waals surface area (Å²) in [7, 11) is 0. The molecule has 11 heteroatoms.